The molecule has 1 saturated heterocycles. The number of halogens is 1. The third-order valence-electron chi connectivity index (χ3n) is 3.12. The lowest BCUT2D eigenvalue weighted by Crippen LogP contribution is -2.34. The highest BCUT2D eigenvalue weighted by Crippen LogP contribution is 2.41. The molecule has 2 N–H and O–H groups in total. The van der Waals surface area contributed by atoms with Gasteiger partial charge in [0, 0.05) is 19.1 Å². The van der Waals surface area contributed by atoms with E-state index in [1.807, 2.05) is 0 Å². The number of aromatic nitrogens is 4. The predicted octanol–water partition coefficient (Wildman–Crippen LogP) is -1.57. The molecule has 16 heavy (non-hydrogen) atoms. The van der Waals surface area contributed by atoms with Crippen LogP contribution in [0.3, 0.4) is 0 Å². The quantitative estimate of drug-likeness (QED) is 0.671. The summed E-state index contributed by atoms with van der Waals surface area (Å²) in [4.78, 5) is 11.5. The lowest BCUT2D eigenvalue weighted by atomic mass is 10.4. The van der Waals surface area contributed by atoms with Crippen molar-refractivity contribution in [2.24, 2.45) is 11.8 Å². The summed E-state index contributed by atoms with van der Waals surface area (Å²) in [5.41, 5.74) is 0. The monoisotopic (exact) mass is 244 g/mol. The molecule has 1 aromatic rings. The molecule has 1 amide bonds. The van der Waals surface area contributed by atoms with E-state index in [0.717, 1.165) is 13.1 Å². The summed E-state index contributed by atoms with van der Waals surface area (Å²) in [5, 5.41) is 16.9. The maximum atomic E-state index is 11.5. The lowest BCUT2D eigenvalue weighted by molar-refractivity contribution is -0.122. The Morgan fingerprint density at radius 3 is 2.88 bits per heavy atom. The standard InChI is InChI=1S/C8H12N6O.ClH/c15-7(3-14-4-10-12-13-14)11-8-5-1-9-2-6(5)8;/h4-6,8-9H,1-3H2,(H,11,15);1H. The third-order valence-corrected chi connectivity index (χ3v) is 3.12. The molecule has 0 aromatic carbocycles. The summed E-state index contributed by atoms with van der Waals surface area (Å²) < 4.78 is 1.42. The maximum Gasteiger partial charge on any atom is 0.242 e. The van der Waals surface area contributed by atoms with Crippen molar-refractivity contribution >= 4 is 18.3 Å². The van der Waals surface area contributed by atoms with Crippen LogP contribution in [0.4, 0.5) is 0 Å². The van der Waals surface area contributed by atoms with Gasteiger partial charge in [-0.2, -0.15) is 0 Å². The van der Waals surface area contributed by atoms with E-state index in [-0.39, 0.29) is 24.9 Å². The van der Waals surface area contributed by atoms with E-state index in [4.69, 9.17) is 0 Å². The van der Waals surface area contributed by atoms with Gasteiger partial charge >= 0.3 is 0 Å². The van der Waals surface area contributed by atoms with Crippen LogP contribution >= 0.6 is 12.4 Å². The fraction of sp³-hybridized carbons (Fsp3) is 0.750. The number of tetrazole rings is 1. The Bertz CT molecular complexity index is 359. The van der Waals surface area contributed by atoms with Gasteiger partial charge in [0.15, 0.2) is 0 Å². The van der Waals surface area contributed by atoms with Crippen molar-refractivity contribution in [3.63, 3.8) is 0 Å². The number of nitrogens with one attached hydrogen (secondary N) is 2. The van der Waals surface area contributed by atoms with Gasteiger partial charge in [0.05, 0.1) is 0 Å². The number of fused-ring (bicyclic) bond motifs is 1. The maximum absolute atomic E-state index is 11.5. The first kappa shape index (κ1) is 11.3. The van der Waals surface area contributed by atoms with Crippen molar-refractivity contribution in [2.75, 3.05) is 13.1 Å². The summed E-state index contributed by atoms with van der Waals surface area (Å²) in [6, 6.07) is 0.371. The highest BCUT2D eigenvalue weighted by molar-refractivity contribution is 5.85. The molecule has 0 radical (unpaired) electrons. The number of hydrogen-bond acceptors (Lipinski definition) is 5. The number of nitrogens with zero attached hydrogens (tertiary/aromatic N) is 4. The molecule has 0 spiro atoms. The molecule has 0 bridgehead atoms. The van der Waals surface area contributed by atoms with Crippen LogP contribution < -0.4 is 10.6 Å². The van der Waals surface area contributed by atoms with Crippen molar-refractivity contribution in [3.8, 4) is 0 Å². The fourth-order valence-corrected chi connectivity index (χ4v) is 2.26. The van der Waals surface area contributed by atoms with Gasteiger partial charge in [0.1, 0.15) is 12.9 Å². The Balaban J connectivity index is 0.000000963. The van der Waals surface area contributed by atoms with Crippen molar-refractivity contribution in [1.29, 1.82) is 0 Å². The number of piperidine rings is 1. The zero-order valence-corrected chi connectivity index (χ0v) is 9.35. The average Bonchev–Trinajstić information content (AvgIpc) is 2.65. The highest BCUT2D eigenvalue weighted by Gasteiger charge is 2.53. The van der Waals surface area contributed by atoms with E-state index in [0.29, 0.717) is 17.9 Å². The summed E-state index contributed by atoms with van der Waals surface area (Å²) >= 11 is 0. The van der Waals surface area contributed by atoms with E-state index >= 15 is 0 Å². The fourth-order valence-electron chi connectivity index (χ4n) is 2.26. The molecule has 3 rings (SSSR count). The third kappa shape index (κ3) is 2.00. The summed E-state index contributed by atoms with van der Waals surface area (Å²) in [6.07, 6.45) is 1.44. The minimum Gasteiger partial charge on any atom is -0.351 e. The van der Waals surface area contributed by atoms with Crippen LogP contribution in [0, 0.1) is 11.8 Å². The Morgan fingerprint density at radius 2 is 2.25 bits per heavy atom. The van der Waals surface area contributed by atoms with Gasteiger partial charge in [-0.15, -0.1) is 17.5 Å². The second kappa shape index (κ2) is 4.34. The SMILES string of the molecule is Cl.O=C(Cn1cnnn1)NC1C2CNCC21. The molecular formula is C8H13ClN6O. The molecular weight excluding hydrogens is 232 g/mol. The minimum atomic E-state index is -0.0123. The highest BCUT2D eigenvalue weighted by atomic mass is 35.5. The van der Waals surface area contributed by atoms with E-state index in [9.17, 15) is 4.79 Å². The molecule has 8 heteroatoms. The number of carbonyl (C=O) groups excluding carboxylic acids is 1. The topological polar surface area (TPSA) is 84.7 Å². The smallest absolute Gasteiger partial charge is 0.242 e. The van der Waals surface area contributed by atoms with Crippen LogP contribution in [-0.2, 0) is 11.3 Å². The van der Waals surface area contributed by atoms with Gasteiger partial charge in [-0.1, -0.05) is 0 Å². The van der Waals surface area contributed by atoms with Crippen LogP contribution in [0.2, 0.25) is 0 Å². The molecule has 1 aromatic heterocycles. The van der Waals surface area contributed by atoms with E-state index in [2.05, 4.69) is 26.2 Å². The predicted molar refractivity (Wildman–Crippen MR) is 56.8 cm³/mol. The Labute approximate surface area is 98.4 Å². The number of rotatable bonds is 3. The summed E-state index contributed by atoms with van der Waals surface area (Å²) in [7, 11) is 0. The molecule has 2 fully saturated rings. The summed E-state index contributed by atoms with van der Waals surface area (Å²) in [5.74, 6) is 1.27. The number of carbonyl (C=O) groups is 1. The van der Waals surface area contributed by atoms with Gasteiger partial charge < -0.3 is 10.6 Å². The first-order chi connectivity index (χ1) is 7.34. The lowest BCUT2D eigenvalue weighted by Gasteiger charge is -2.06. The molecule has 1 aliphatic heterocycles. The van der Waals surface area contributed by atoms with E-state index in [1.165, 1.54) is 11.0 Å². The van der Waals surface area contributed by atoms with Crippen molar-refractivity contribution in [2.45, 2.75) is 12.6 Å². The van der Waals surface area contributed by atoms with Crippen LogP contribution in [-0.4, -0.2) is 45.2 Å². The van der Waals surface area contributed by atoms with Gasteiger partial charge in [-0.3, -0.25) is 4.79 Å². The van der Waals surface area contributed by atoms with Crippen LogP contribution in [0.25, 0.3) is 0 Å². The first-order valence-corrected chi connectivity index (χ1v) is 5.05. The van der Waals surface area contributed by atoms with Crippen molar-refractivity contribution in [1.82, 2.24) is 30.8 Å². The van der Waals surface area contributed by atoms with Crippen molar-refractivity contribution < 1.29 is 4.79 Å². The molecule has 2 atom stereocenters. The number of amides is 1. The van der Waals surface area contributed by atoms with Crippen LogP contribution in [0.15, 0.2) is 6.33 Å². The largest absolute Gasteiger partial charge is 0.351 e. The average molecular weight is 245 g/mol. The molecule has 1 aliphatic carbocycles. The Kier molecular flexibility index (Phi) is 3.06. The van der Waals surface area contributed by atoms with E-state index < -0.39 is 0 Å². The normalized spacial score (nSPS) is 30.4. The van der Waals surface area contributed by atoms with Crippen LogP contribution in [0.1, 0.15) is 0 Å². The molecule has 1 saturated carbocycles. The first-order valence-electron chi connectivity index (χ1n) is 5.05. The Morgan fingerprint density at radius 1 is 1.50 bits per heavy atom. The zero-order chi connectivity index (χ0) is 10.3. The van der Waals surface area contributed by atoms with Gasteiger partial charge in [-0.25, -0.2) is 4.68 Å². The molecule has 2 aliphatic rings. The zero-order valence-electron chi connectivity index (χ0n) is 8.54. The van der Waals surface area contributed by atoms with Gasteiger partial charge in [0.25, 0.3) is 0 Å². The minimum absolute atomic E-state index is 0. The Hall–Kier alpha value is -1.21. The summed E-state index contributed by atoms with van der Waals surface area (Å²) in [6.45, 7) is 2.26. The second-order valence-corrected chi connectivity index (χ2v) is 4.09. The molecule has 2 unspecified atom stereocenters. The number of hydrogen-bond donors (Lipinski definition) is 2. The van der Waals surface area contributed by atoms with Gasteiger partial charge in [-0.05, 0) is 22.3 Å². The molecule has 88 valence electrons. The van der Waals surface area contributed by atoms with Crippen LogP contribution in [0.5, 0.6) is 0 Å². The van der Waals surface area contributed by atoms with E-state index in [1.54, 1.807) is 0 Å². The van der Waals surface area contributed by atoms with Crippen molar-refractivity contribution in [3.05, 3.63) is 6.33 Å². The molecule has 2 heterocycles. The second-order valence-electron chi connectivity index (χ2n) is 4.09. The van der Waals surface area contributed by atoms with Gasteiger partial charge in [0.2, 0.25) is 5.91 Å². The molecule has 7 nitrogen and oxygen atoms in total.